The predicted molar refractivity (Wildman–Crippen MR) is 86.9 cm³/mol. The zero-order valence-corrected chi connectivity index (χ0v) is 13.1. The summed E-state index contributed by atoms with van der Waals surface area (Å²) in [6.45, 7) is 4.13. The molecule has 0 saturated heterocycles. The molecule has 20 heavy (non-hydrogen) atoms. The largest absolute Gasteiger partial charge is 0.493 e. The van der Waals surface area contributed by atoms with Gasteiger partial charge in [-0.25, -0.2) is 0 Å². The summed E-state index contributed by atoms with van der Waals surface area (Å²) < 4.78 is 10.4. The van der Waals surface area contributed by atoms with E-state index in [9.17, 15) is 0 Å². The standard InChI is InChI=1S/C14H21N3O2S/c1-5-10(6-2)16-17-14(20)15-11-7-8-12(18-3)13(9-11)19-4/h7-9H,5-6H2,1-4H3,(H2,15,17,20). The van der Waals surface area contributed by atoms with E-state index in [0.29, 0.717) is 16.6 Å². The topological polar surface area (TPSA) is 54.9 Å². The van der Waals surface area contributed by atoms with Crippen molar-refractivity contribution in [2.45, 2.75) is 26.7 Å². The summed E-state index contributed by atoms with van der Waals surface area (Å²) in [5, 5.41) is 7.73. The summed E-state index contributed by atoms with van der Waals surface area (Å²) in [5.74, 6) is 1.32. The molecule has 0 saturated carbocycles. The molecule has 0 heterocycles. The highest BCUT2D eigenvalue weighted by molar-refractivity contribution is 7.80. The Morgan fingerprint density at radius 2 is 1.80 bits per heavy atom. The fourth-order valence-electron chi connectivity index (χ4n) is 1.61. The van der Waals surface area contributed by atoms with E-state index in [1.807, 2.05) is 18.2 Å². The van der Waals surface area contributed by atoms with Crippen molar-refractivity contribution < 1.29 is 9.47 Å². The van der Waals surface area contributed by atoms with Gasteiger partial charge in [0.2, 0.25) is 0 Å². The number of anilines is 1. The normalized spacial score (nSPS) is 9.60. The first kappa shape index (κ1) is 16.2. The molecule has 1 rings (SSSR count). The van der Waals surface area contributed by atoms with Gasteiger partial charge in [0.25, 0.3) is 0 Å². The molecular formula is C14H21N3O2S. The Kier molecular flexibility index (Phi) is 6.79. The Morgan fingerprint density at radius 3 is 2.35 bits per heavy atom. The second-order valence-electron chi connectivity index (χ2n) is 4.02. The Hall–Kier alpha value is -1.82. The lowest BCUT2D eigenvalue weighted by molar-refractivity contribution is 0.355. The predicted octanol–water partition coefficient (Wildman–Crippen LogP) is 3.17. The molecule has 0 radical (unpaired) electrons. The van der Waals surface area contributed by atoms with Crippen LogP contribution in [0, 0.1) is 0 Å². The number of benzene rings is 1. The van der Waals surface area contributed by atoms with E-state index in [-0.39, 0.29) is 0 Å². The lowest BCUT2D eigenvalue weighted by Crippen LogP contribution is -2.25. The Balaban J connectivity index is 2.69. The second kappa shape index (κ2) is 8.37. The number of hydrogen-bond donors (Lipinski definition) is 2. The molecule has 0 aliphatic heterocycles. The third-order valence-corrected chi connectivity index (χ3v) is 2.97. The number of rotatable bonds is 6. The molecule has 1 aromatic carbocycles. The Bertz CT molecular complexity index is 483. The van der Waals surface area contributed by atoms with Crippen LogP contribution in [0.25, 0.3) is 0 Å². The maximum atomic E-state index is 5.24. The minimum Gasteiger partial charge on any atom is -0.493 e. The van der Waals surface area contributed by atoms with Gasteiger partial charge in [-0.2, -0.15) is 5.10 Å². The smallest absolute Gasteiger partial charge is 0.191 e. The van der Waals surface area contributed by atoms with E-state index in [1.165, 1.54) is 0 Å². The second-order valence-corrected chi connectivity index (χ2v) is 4.43. The highest BCUT2D eigenvalue weighted by atomic mass is 32.1. The van der Waals surface area contributed by atoms with E-state index in [2.05, 4.69) is 29.7 Å². The number of nitrogens with zero attached hydrogens (tertiary/aromatic N) is 1. The average molecular weight is 295 g/mol. The molecule has 0 unspecified atom stereocenters. The fraction of sp³-hybridized carbons (Fsp3) is 0.429. The van der Waals surface area contributed by atoms with E-state index in [0.717, 1.165) is 24.2 Å². The lowest BCUT2D eigenvalue weighted by atomic mass is 10.2. The summed E-state index contributed by atoms with van der Waals surface area (Å²) in [6.07, 6.45) is 1.81. The number of hydrazone groups is 1. The molecule has 0 bridgehead atoms. The van der Waals surface area contributed by atoms with Gasteiger partial charge in [0, 0.05) is 17.5 Å². The van der Waals surface area contributed by atoms with Crippen LogP contribution in [0.3, 0.4) is 0 Å². The van der Waals surface area contributed by atoms with Crippen molar-refractivity contribution in [1.29, 1.82) is 0 Å². The van der Waals surface area contributed by atoms with Gasteiger partial charge in [-0.1, -0.05) is 13.8 Å². The third-order valence-electron chi connectivity index (χ3n) is 2.77. The van der Waals surface area contributed by atoms with E-state index in [4.69, 9.17) is 21.7 Å². The van der Waals surface area contributed by atoms with Crippen LogP contribution in [-0.4, -0.2) is 25.0 Å². The maximum Gasteiger partial charge on any atom is 0.191 e. The summed E-state index contributed by atoms with van der Waals surface area (Å²) >= 11 is 5.19. The Morgan fingerprint density at radius 1 is 1.15 bits per heavy atom. The zero-order valence-electron chi connectivity index (χ0n) is 12.3. The van der Waals surface area contributed by atoms with Crippen molar-refractivity contribution >= 4 is 28.7 Å². The van der Waals surface area contributed by atoms with Crippen molar-refractivity contribution in [2.24, 2.45) is 5.10 Å². The Labute approximate surface area is 125 Å². The summed E-state index contributed by atoms with van der Waals surface area (Å²) in [4.78, 5) is 0. The number of nitrogens with one attached hydrogen (secondary N) is 2. The van der Waals surface area contributed by atoms with Crippen LogP contribution in [0.15, 0.2) is 23.3 Å². The molecular weight excluding hydrogens is 274 g/mol. The van der Waals surface area contributed by atoms with Gasteiger partial charge in [0.05, 0.1) is 14.2 Å². The lowest BCUT2D eigenvalue weighted by Gasteiger charge is -2.11. The minimum atomic E-state index is 0.441. The molecule has 0 fully saturated rings. The zero-order chi connectivity index (χ0) is 15.0. The maximum absolute atomic E-state index is 5.24. The first-order valence-corrected chi connectivity index (χ1v) is 6.89. The van der Waals surface area contributed by atoms with Crippen molar-refractivity contribution in [3.63, 3.8) is 0 Å². The van der Waals surface area contributed by atoms with Gasteiger partial charge in [-0.05, 0) is 37.2 Å². The molecule has 1 aromatic rings. The molecule has 5 nitrogen and oxygen atoms in total. The number of methoxy groups -OCH3 is 2. The molecule has 0 aromatic heterocycles. The monoisotopic (exact) mass is 295 g/mol. The van der Waals surface area contributed by atoms with E-state index < -0.39 is 0 Å². The van der Waals surface area contributed by atoms with Crippen LogP contribution in [0.1, 0.15) is 26.7 Å². The van der Waals surface area contributed by atoms with Crippen LogP contribution < -0.4 is 20.2 Å². The molecule has 6 heteroatoms. The van der Waals surface area contributed by atoms with Crippen LogP contribution in [0.4, 0.5) is 5.69 Å². The first-order chi connectivity index (χ1) is 9.64. The van der Waals surface area contributed by atoms with Crippen molar-refractivity contribution in [1.82, 2.24) is 5.43 Å². The third kappa shape index (κ3) is 4.70. The van der Waals surface area contributed by atoms with Crippen LogP contribution in [-0.2, 0) is 0 Å². The quantitative estimate of drug-likeness (QED) is 0.479. The number of ether oxygens (including phenoxy) is 2. The van der Waals surface area contributed by atoms with Crippen LogP contribution in [0.5, 0.6) is 11.5 Å². The number of hydrogen-bond acceptors (Lipinski definition) is 4. The van der Waals surface area contributed by atoms with Crippen LogP contribution in [0.2, 0.25) is 0 Å². The molecule has 2 N–H and O–H groups in total. The van der Waals surface area contributed by atoms with Gasteiger partial charge < -0.3 is 14.8 Å². The first-order valence-electron chi connectivity index (χ1n) is 6.49. The number of thiocarbonyl (C=S) groups is 1. The average Bonchev–Trinajstić information content (AvgIpc) is 2.48. The van der Waals surface area contributed by atoms with Gasteiger partial charge in [0.15, 0.2) is 16.6 Å². The molecule has 0 spiro atoms. The van der Waals surface area contributed by atoms with Crippen LogP contribution >= 0.6 is 12.2 Å². The van der Waals surface area contributed by atoms with Gasteiger partial charge >= 0.3 is 0 Å². The minimum absolute atomic E-state index is 0.441. The molecule has 0 aliphatic carbocycles. The molecule has 0 atom stereocenters. The van der Waals surface area contributed by atoms with Gasteiger partial charge in [-0.3, -0.25) is 5.43 Å². The van der Waals surface area contributed by atoms with E-state index >= 15 is 0 Å². The van der Waals surface area contributed by atoms with Crippen molar-refractivity contribution in [2.75, 3.05) is 19.5 Å². The summed E-state index contributed by atoms with van der Waals surface area (Å²) in [6, 6.07) is 5.49. The van der Waals surface area contributed by atoms with Gasteiger partial charge in [-0.15, -0.1) is 0 Å². The van der Waals surface area contributed by atoms with E-state index in [1.54, 1.807) is 14.2 Å². The highest BCUT2D eigenvalue weighted by Crippen LogP contribution is 2.29. The SMILES string of the molecule is CCC(CC)=NNC(=S)Nc1ccc(OC)c(OC)c1. The summed E-state index contributed by atoms with van der Waals surface area (Å²) in [5.41, 5.74) is 4.72. The highest BCUT2D eigenvalue weighted by Gasteiger charge is 2.05. The molecule has 0 amide bonds. The van der Waals surface area contributed by atoms with Gasteiger partial charge in [0.1, 0.15) is 0 Å². The van der Waals surface area contributed by atoms with Crippen molar-refractivity contribution in [3.05, 3.63) is 18.2 Å². The fourth-order valence-corrected chi connectivity index (χ4v) is 1.77. The summed E-state index contributed by atoms with van der Waals surface area (Å²) in [7, 11) is 3.19. The molecule has 0 aliphatic rings. The molecule has 110 valence electrons. The van der Waals surface area contributed by atoms with Crippen molar-refractivity contribution in [3.8, 4) is 11.5 Å².